The fourth-order valence-corrected chi connectivity index (χ4v) is 3.21. The number of nitrogens with zero attached hydrogens (tertiary/aromatic N) is 2. The van der Waals surface area contributed by atoms with E-state index < -0.39 is 23.1 Å². The summed E-state index contributed by atoms with van der Waals surface area (Å²) in [6, 6.07) is 2.89. The Bertz CT molecular complexity index is 675. The van der Waals surface area contributed by atoms with Gasteiger partial charge in [-0.15, -0.1) is 12.4 Å². The third-order valence-corrected chi connectivity index (χ3v) is 4.83. The van der Waals surface area contributed by atoms with E-state index in [0.29, 0.717) is 45.2 Å². The van der Waals surface area contributed by atoms with Gasteiger partial charge in [0, 0.05) is 45.5 Å². The maximum absolute atomic E-state index is 13.8. The third kappa shape index (κ3) is 4.13. The van der Waals surface area contributed by atoms with Gasteiger partial charge in [0.2, 0.25) is 5.91 Å². The second kappa shape index (κ2) is 8.28. The SMILES string of the molecule is Cl.NC1(C(=O)N2CCN(C(=O)c3ccc(F)cc3F)CC2)CCOCC1. The van der Waals surface area contributed by atoms with Crippen LogP contribution in [0.3, 0.4) is 0 Å². The topological polar surface area (TPSA) is 75.9 Å². The molecule has 2 aliphatic heterocycles. The average molecular weight is 390 g/mol. The van der Waals surface area contributed by atoms with Crippen LogP contribution in [0.15, 0.2) is 18.2 Å². The number of amides is 2. The average Bonchev–Trinajstić information content (AvgIpc) is 2.61. The number of hydrogen-bond donors (Lipinski definition) is 1. The normalized spacial score (nSPS) is 19.7. The Labute approximate surface area is 156 Å². The van der Waals surface area contributed by atoms with Crippen molar-refractivity contribution in [2.75, 3.05) is 39.4 Å². The molecule has 2 fully saturated rings. The Morgan fingerprint density at radius 1 is 1.04 bits per heavy atom. The van der Waals surface area contributed by atoms with Gasteiger partial charge in [0.25, 0.3) is 5.91 Å². The van der Waals surface area contributed by atoms with Crippen molar-refractivity contribution in [2.45, 2.75) is 18.4 Å². The lowest BCUT2D eigenvalue weighted by Crippen LogP contribution is -2.61. The van der Waals surface area contributed by atoms with Crippen LogP contribution in [0.1, 0.15) is 23.2 Å². The number of hydrogen-bond acceptors (Lipinski definition) is 4. The number of halogens is 3. The van der Waals surface area contributed by atoms with E-state index in [9.17, 15) is 18.4 Å². The molecule has 0 aliphatic carbocycles. The van der Waals surface area contributed by atoms with Crippen LogP contribution in [-0.2, 0) is 9.53 Å². The molecule has 0 radical (unpaired) electrons. The Hall–Kier alpha value is -1.77. The van der Waals surface area contributed by atoms with Crippen molar-refractivity contribution in [3.05, 3.63) is 35.4 Å². The number of nitrogens with two attached hydrogens (primary N) is 1. The van der Waals surface area contributed by atoms with Crippen molar-refractivity contribution in [2.24, 2.45) is 5.73 Å². The van der Waals surface area contributed by atoms with Crippen molar-refractivity contribution >= 4 is 24.2 Å². The van der Waals surface area contributed by atoms with E-state index in [1.54, 1.807) is 4.90 Å². The first kappa shape index (κ1) is 20.5. The first-order valence-corrected chi connectivity index (χ1v) is 8.31. The van der Waals surface area contributed by atoms with Crippen molar-refractivity contribution in [3.8, 4) is 0 Å². The summed E-state index contributed by atoms with van der Waals surface area (Å²) < 4.78 is 32.0. The maximum Gasteiger partial charge on any atom is 0.256 e. The molecule has 144 valence electrons. The predicted octanol–water partition coefficient (Wildman–Crippen LogP) is 1.18. The lowest BCUT2D eigenvalue weighted by atomic mass is 9.89. The molecule has 2 amide bonds. The van der Waals surface area contributed by atoms with E-state index in [1.165, 1.54) is 4.90 Å². The zero-order valence-electron chi connectivity index (χ0n) is 14.2. The molecule has 0 aromatic heterocycles. The lowest BCUT2D eigenvalue weighted by Gasteiger charge is -2.40. The molecule has 2 saturated heterocycles. The second-order valence-electron chi connectivity index (χ2n) is 6.48. The number of benzene rings is 1. The fourth-order valence-electron chi connectivity index (χ4n) is 3.21. The summed E-state index contributed by atoms with van der Waals surface area (Å²) in [5.74, 6) is -2.24. The van der Waals surface area contributed by atoms with Crippen LogP contribution in [0.4, 0.5) is 8.78 Å². The highest BCUT2D eigenvalue weighted by Crippen LogP contribution is 2.22. The molecular weight excluding hydrogens is 368 g/mol. The highest BCUT2D eigenvalue weighted by Gasteiger charge is 2.40. The molecule has 1 aromatic rings. The third-order valence-electron chi connectivity index (χ3n) is 4.83. The first-order valence-electron chi connectivity index (χ1n) is 8.31. The van der Waals surface area contributed by atoms with Crippen LogP contribution >= 0.6 is 12.4 Å². The van der Waals surface area contributed by atoms with Crippen LogP contribution in [0.25, 0.3) is 0 Å². The summed E-state index contributed by atoms with van der Waals surface area (Å²) in [6.45, 7) is 2.18. The van der Waals surface area contributed by atoms with Gasteiger partial charge in [-0.1, -0.05) is 0 Å². The van der Waals surface area contributed by atoms with E-state index in [1.807, 2.05) is 0 Å². The van der Waals surface area contributed by atoms with E-state index in [-0.39, 0.29) is 37.0 Å². The second-order valence-corrected chi connectivity index (χ2v) is 6.48. The van der Waals surface area contributed by atoms with Gasteiger partial charge in [0.05, 0.1) is 11.1 Å². The molecule has 0 spiro atoms. The Kier molecular flexibility index (Phi) is 6.54. The quantitative estimate of drug-likeness (QED) is 0.824. The minimum Gasteiger partial charge on any atom is -0.381 e. The van der Waals surface area contributed by atoms with Gasteiger partial charge >= 0.3 is 0 Å². The fraction of sp³-hybridized carbons (Fsp3) is 0.529. The summed E-state index contributed by atoms with van der Waals surface area (Å²) in [5, 5.41) is 0. The van der Waals surface area contributed by atoms with E-state index in [2.05, 4.69) is 0 Å². The van der Waals surface area contributed by atoms with Crippen LogP contribution in [0.2, 0.25) is 0 Å². The molecule has 2 aliphatic rings. The molecular formula is C17H22ClF2N3O3. The molecule has 9 heteroatoms. The molecule has 1 aromatic carbocycles. The number of rotatable bonds is 2. The van der Waals surface area contributed by atoms with Crippen molar-refractivity contribution < 1.29 is 23.1 Å². The first-order chi connectivity index (χ1) is 11.9. The van der Waals surface area contributed by atoms with Gasteiger partial charge in [-0.25, -0.2) is 8.78 Å². The maximum atomic E-state index is 13.8. The highest BCUT2D eigenvalue weighted by atomic mass is 35.5. The predicted molar refractivity (Wildman–Crippen MR) is 93.1 cm³/mol. The molecule has 3 rings (SSSR count). The van der Waals surface area contributed by atoms with E-state index in [0.717, 1.165) is 12.1 Å². The van der Waals surface area contributed by atoms with Gasteiger partial charge in [0.15, 0.2) is 0 Å². The molecule has 2 N–H and O–H groups in total. The Morgan fingerprint density at radius 2 is 1.62 bits per heavy atom. The summed E-state index contributed by atoms with van der Waals surface area (Å²) >= 11 is 0. The minimum absolute atomic E-state index is 0. The molecule has 2 heterocycles. The molecule has 26 heavy (non-hydrogen) atoms. The number of carbonyl (C=O) groups is 2. The number of ether oxygens (including phenoxy) is 1. The van der Waals surface area contributed by atoms with Crippen LogP contribution < -0.4 is 5.73 Å². The van der Waals surface area contributed by atoms with E-state index in [4.69, 9.17) is 10.5 Å². The minimum atomic E-state index is -0.909. The van der Waals surface area contributed by atoms with Crippen molar-refractivity contribution in [1.29, 1.82) is 0 Å². The largest absolute Gasteiger partial charge is 0.381 e. The van der Waals surface area contributed by atoms with Gasteiger partial charge in [-0.05, 0) is 25.0 Å². The highest BCUT2D eigenvalue weighted by molar-refractivity contribution is 5.94. The molecule has 0 atom stereocenters. The Morgan fingerprint density at radius 3 is 2.19 bits per heavy atom. The summed E-state index contributed by atoms with van der Waals surface area (Å²) in [4.78, 5) is 28.2. The molecule has 0 unspecified atom stereocenters. The van der Waals surface area contributed by atoms with E-state index >= 15 is 0 Å². The molecule has 0 saturated carbocycles. The standard InChI is InChI=1S/C17H21F2N3O3.ClH/c18-12-1-2-13(14(19)11-12)15(23)21-5-7-22(8-6-21)16(24)17(20)3-9-25-10-4-17;/h1-2,11H,3-10,20H2;1H. The van der Waals surface area contributed by atoms with Crippen molar-refractivity contribution in [1.82, 2.24) is 9.80 Å². The Balaban J connectivity index is 0.00000243. The van der Waals surface area contributed by atoms with Gasteiger partial charge in [-0.2, -0.15) is 0 Å². The number of piperazine rings is 1. The van der Waals surface area contributed by atoms with Gasteiger partial charge in [0.1, 0.15) is 11.6 Å². The number of carbonyl (C=O) groups excluding carboxylic acids is 2. The zero-order valence-corrected chi connectivity index (χ0v) is 15.1. The van der Waals surface area contributed by atoms with Gasteiger partial charge in [-0.3, -0.25) is 9.59 Å². The van der Waals surface area contributed by atoms with Crippen LogP contribution in [-0.4, -0.2) is 66.5 Å². The monoisotopic (exact) mass is 389 g/mol. The zero-order chi connectivity index (χ0) is 18.0. The summed E-state index contributed by atoms with van der Waals surface area (Å²) in [7, 11) is 0. The van der Waals surface area contributed by atoms with Crippen LogP contribution in [0, 0.1) is 11.6 Å². The van der Waals surface area contributed by atoms with Crippen LogP contribution in [0.5, 0.6) is 0 Å². The van der Waals surface area contributed by atoms with Crippen molar-refractivity contribution in [3.63, 3.8) is 0 Å². The van der Waals surface area contributed by atoms with Gasteiger partial charge < -0.3 is 20.3 Å². The summed E-state index contributed by atoms with van der Waals surface area (Å²) in [5.41, 5.74) is 5.14. The smallest absolute Gasteiger partial charge is 0.256 e. The lowest BCUT2D eigenvalue weighted by molar-refractivity contribution is -0.142. The molecule has 0 bridgehead atoms. The molecule has 6 nitrogen and oxygen atoms in total. The summed E-state index contributed by atoms with van der Waals surface area (Å²) in [6.07, 6.45) is 0.956.